The van der Waals surface area contributed by atoms with Gasteiger partial charge in [0.25, 0.3) is 0 Å². The summed E-state index contributed by atoms with van der Waals surface area (Å²) >= 11 is 12.2. The van der Waals surface area contributed by atoms with Crippen LogP contribution in [0.4, 0.5) is 4.79 Å². The highest BCUT2D eigenvalue weighted by Crippen LogP contribution is 2.39. The standard InChI is InChI=1S/C21H20Cl2N2O5/c1-6-12-7-8-13(25-10-24-18(22)19(25)23)9-14(12)15-16(29-20(27)28-5)11(2)30-21(3,4)17(15)26/h7-10H,2,6H2,1,3-5H3. The second kappa shape index (κ2) is 8.16. The van der Waals surface area contributed by atoms with Gasteiger partial charge in [0.05, 0.1) is 12.7 Å². The van der Waals surface area contributed by atoms with Crippen LogP contribution in [0, 0.1) is 0 Å². The first kappa shape index (κ1) is 21.9. The molecule has 0 saturated carbocycles. The number of ketones is 1. The van der Waals surface area contributed by atoms with Crippen molar-refractivity contribution in [3.05, 3.63) is 64.1 Å². The van der Waals surface area contributed by atoms with E-state index in [0.29, 0.717) is 17.7 Å². The highest BCUT2D eigenvalue weighted by molar-refractivity contribution is 6.40. The first-order valence-electron chi connectivity index (χ1n) is 9.05. The topological polar surface area (TPSA) is 79.7 Å². The van der Waals surface area contributed by atoms with Crippen molar-refractivity contribution in [1.29, 1.82) is 0 Å². The van der Waals surface area contributed by atoms with Gasteiger partial charge in [0.1, 0.15) is 6.33 Å². The van der Waals surface area contributed by atoms with Gasteiger partial charge in [-0.25, -0.2) is 9.78 Å². The number of rotatable bonds is 4. The molecule has 0 bridgehead atoms. The van der Waals surface area contributed by atoms with Crippen LogP contribution in [0.2, 0.25) is 10.3 Å². The lowest BCUT2D eigenvalue weighted by molar-refractivity contribution is -0.131. The van der Waals surface area contributed by atoms with Crippen LogP contribution in [0.25, 0.3) is 11.3 Å². The molecule has 0 spiro atoms. The van der Waals surface area contributed by atoms with E-state index in [1.54, 1.807) is 24.5 Å². The normalized spacial score (nSPS) is 15.8. The van der Waals surface area contributed by atoms with Crippen LogP contribution in [-0.4, -0.2) is 34.2 Å². The van der Waals surface area contributed by atoms with Crippen LogP contribution >= 0.6 is 23.2 Å². The van der Waals surface area contributed by atoms with Crippen molar-refractivity contribution >= 4 is 40.7 Å². The summed E-state index contributed by atoms with van der Waals surface area (Å²) in [7, 11) is 1.17. The van der Waals surface area contributed by atoms with Gasteiger partial charge in [0.15, 0.2) is 27.4 Å². The number of halogens is 2. The summed E-state index contributed by atoms with van der Waals surface area (Å²) in [5, 5.41) is 0.387. The number of Topliss-reactive ketones (excluding diaryl/α,β-unsaturated/α-hetero) is 1. The third-order valence-electron chi connectivity index (χ3n) is 4.67. The molecular formula is C21H20Cl2N2O5. The second-order valence-corrected chi connectivity index (χ2v) is 7.73. The molecule has 30 heavy (non-hydrogen) atoms. The Morgan fingerprint density at radius 1 is 1.33 bits per heavy atom. The Morgan fingerprint density at radius 3 is 2.60 bits per heavy atom. The number of hydrogen-bond acceptors (Lipinski definition) is 6. The average molecular weight is 451 g/mol. The fourth-order valence-electron chi connectivity index (χ4n) is 3.17. The highest BCUT2D eigenvalue weighted by atomic mass is 35.5. The van der Waals surface area contributed by atoms with E-state index in [4.69, 9.17) is 32.7 Å². The summed E-state index contributed by atoms with van der Waals surface area (Å²) in [5.74, 6) is -0.403. The average Bonchev–Trinajstić information content (AvgIpc) is 3.04. The molecule has 0 fully saturated rings. The summed E-state index contributed by atoms with van der Waals surface area (Å²) in [5.41, 5.74) is 0.993. The zero-order valence-corrected chi connectivity index (χ0v) is 18.4. The summed E-state index contributed by atoms with van der Waals surface area (Å²) in [4.78, 5) is 29.2. The van der Waals surface area contributed by atoms with Crippen LogP contribution in [0.3, 0.4) is 0 Å². The molecule has 0 aliphatic carbocycles. The molecule has 1 aliphatic rings. The van der Waals surface area contributed by atoms with Gasteiger partial charge in [-0.3, -0.25) is 9.36 Å². The zero-order valence-electron chi connectivity index (χ0n) is 16.9. The molecule has 0 saturated heterocycles. The van der Waals surface area contributed by atoms with Crippen LogP contribution in [-0.2, 0) is 25.4 Å². The Morgan fingerprint density at radius 2 is 2.03 bits per heavy atom. The Kier molecular flexibility index (Phi) is 5.97. The summed E-state index contributed by atoms with van der Waals surface area (Å²) in [6.07, 6.45) is 1.10. The third kappa shape index (κ3) is 3.82. The van der Waals surface area contributed by atoms with Crippen molar-refractivity contribution in [2.24, 2.45) is 0 Å². The molecule has 7 nitrogen and oxygen atoms in total. The SMILES string of the molecule is C=C1OC(C)(C)C(=O)C(c2cc(-n3cnc(Cl)c3Cl)ccc2CC)=C1OC(=O)OC. The predicted molar refractivity (Wildman–Crippen MR) is 113 cm³/mol. The fraction of sp³-hybridized carbons (Fsp3) is 0.286. The Bertz CT molecular complexity index is 1090. The molecule has 3 rings (SSSR count). The molecule has 0 N–H and O–H groups in total. The maximum atomic E-state index is 13.3. The minimum Gasteiger partial charge on any atom is -0.476 e. The van der Waals surface area contributed by atoms with Crippen LogP contribution < -0.4 is 0 Å². The van der Waals surface area contributed by atoms with Crippen molar-refractivity contribution in [3.8, 4) is 5.69 Å². The minimum absolute atomic E-state index is 0.0520. The molecule has 1 aliphatic heterocycles. The molecular weight excluding hydrogens is 431 g/mol. The molecule has 1 aromatic carbocycles. The number of carbonyl (C=O) groups excluding carboxylic acids is 2. The molecule has 0 unspecified atom stereocenters. The Hall–Kier alpha value is -2.77. The molecule has 2 heterocycles. The minimum atomic E-state index is -1.20. The van der Waals surface area contributed by atoms with Crippen LogP contribution in [0.5, 0.6) is 0 Å². The van der Waals surface area contributed by atoms with Gasteiger partial charge < -0.3 is 14.2 Å². The van der Waals surface area contributed by atoms with Crippen LogP contribution in [0.15, 0.2) is 42.6 Å². The highest BCUT2D eigenvalue weighted by Gasteiger charge is 2.43. The largest absolute Gasteiger partial charge is 0.513 e. The van der Waals surface area contributed by atoms with Gasteiger partial charge in [0.2, 0.25) is 5.78 Å². The molecule has 0 amide bonds. The number of methoxy groups -OCH3 is 1. The van der Waals surface area contributed by atoms with Gasteiger partial charge in [-0.2, -0.15) is 0 Å². The van der Waals surface area contributed by atoms with E-state index >= 15 is 0 Å². The number of aryl methyl sites for hydroxylation is 1. The molecule has 0 radical (unpaired) electrons. The summed E-state index contributed by atoms with van der Waals surface area (Å²) in [6, 6.07) is 5.44. The number of imidazole rings is 1. The number of hydrogen-bond donors (Lipinski definition) is 0. The van der Waals surface area contributed by atoms with Crippen molar-refractivity contribution < 1.29 is 23.8 Å². The lowest BCUT2D eigenvalue weighted by Gasteiger charge is -2.33. The monoisotopic (exact) mass is 450 g/mol. The van der Waals surface area contributed by atoms with Gasteiger partial charge in [-0.15, -0.1) is 0 Å². The third-order valence-corrected chi connectivity index (χ3v) is 5.41. The number of nitrogens with zero attached hydrogens (tertiary/aromatic N) is 2. The van der Waals surface area contributed by atoms with Crippen LogP contribution in [0.1, 0.15) is 31.9 Å². The van der Waals surface area contributed by atoms with E-state index in [1.807, 2.05) is 19.1 Å². The molecule has 158 valence electrons. The van der Waals surface area contributed by atoms with Crippen molar-refractivity contribution in [3.63, 3.8) is 0 Å². The molecule has 0 atom stereocenters. The predicted octanol–water partition coefficient (Wildman–Crippen LogP) is 5.13. The number of aromatic nitrogens is 2. The molecule has 1 aromatic heterocycles. The first-order chi connectivity index (χ1) is 14.1. The van der Waals surface area contributed by atoms with Crippen molar-refractivity contribution in [2.75, 3.05) is 7.11 Å². The van der Waals surface area contributed by atoms with Gasteiger partial charge in [-0.05, 0) is 43.5 Å². The Balaban J connectivity index is 2.29. The van der Waals surface area contributed by atoms with Crippen molar-refractivity contribution in [1.82, 2.24) is 9.55 Å². The van der Waals surface area contributed by atoms with Gasteiger partial charge >= 0.3 is 6.16 Å². The smallest absolute Gasteiger partial charge is 0.476 e. The van der Waals surface area contributed by atoms with Gasteiger partial charge in [0, 0.05) is 5.69 Å². The molecule has 2 aromatic rings. The number of ether oxygens (including phenoxy) is 3. The maximum Gasteiger partial charge on any atom is 0.513 e. The van der Waals surface area contributed by atoms with E-state index in [0.717, 1.165) is 5.56 Å². The maximum absolute atomic E-state index is 13.3. The summed E-state index contributed by atoms with van der Waals surface area (Å²) < 4.78 is 17.1. The second-order valence-electron chi connectivity index (χ2n) is 7.02. The molecule has 9 heteroatoms. The lowest BCUT2D eigenvalue weighted by atomic mass is 9.85. The van der Waals surface area contributed by atoms with E-state index in [1.165, 1.54) is 13.4 Å². The Labute approximate surface area is 183 Å². The van der Waals surface area contributed by atoms with E-state index < -0.39 is 11.8 Å². The first-order valence-corrected chi connectivity index (χ1v) is 9.81. The van der Waals surface area contributed by atoms with E-state index in [9.17, 15) is 9.59 Å². The van der Waals surface area contributed by atoms with Gasteiger partial charge in [-0.1, -0.05) is 42.8 Å². The number of benzene rings is 1. The zero-order chi connectivity index (χ0) is 22.2. The van der Waals surface area contributed by atoms with E-state index in [-0.39, 0.29) is 33.2 Å². The quantitative estimate of drug-likeness (QED) is 0.600. The van der Waals surface area contributed by atoms with E-state index in [2.05, 4.69) is 16.3 Å². The fourth-order valence-corrected chi connectivity index (χ4v) is 3.49. The lowest BCUT2D eigenvalue weighted by Crippen LogP contribution is -2.40. The summed E-state index contributed by atoms with van der Waals surface area (Å²) in [6.45, 7) is 9.02. The van der Waals surface area contributed by atoms with Crippen molar-refractivity contribution in [2.45, 2.75) is 32.8 Å². The number of carbonyl (C=O) groups is 2.